The van der Waals surface area contributed by atoms with Gasteiger partial charge in [0.2, 0.25) is 10.0 Å². The highest BCUT2D eigenvalue weighted by molar-refractivity contribution is 7.89. The third-order valence-corrected chi connectivity index (χ3v) is 6.67. The molecule has 3 atom stereocenters. The molecule has 1 N–H and O–H groups in total. The lowest BCUT2D eigenvalue weighted by molar-refractivity contribution is 0.104. The van der Waals surface area contributed by atoms with Crippen molar-refractivity contribution in [2.45, 2.75) is 57.0 Å². The fraction of sp³-hybridized carbons (Fsp3) is 1.00. The monoisotopic (exact) mass is 289 g/mol. The highest BCUT2D eigenvalue weighted by Crippen LogP contribution is 2.21. The van der Waals surface area contributed by atoms with Crippen LogP contribution in [0.4, 0.5) is 0 Å². The van der Waals surface area contributed by atoms with E-state index in [-0.39, 0.29) is 17.3 Å². The summed E-state index contributed by atoms with van der Waals surface area (Å²) < 4.78 is 26.8. The van der Waals surface area contributed by atoms with Crippen molar-refractivity contribution >= 4 is 10.0 Å². The summed E-state index contributed by atoms with van der Waals surface area (Å²) in [6.07, 6.45) is 2.38. The third kappa shape index (κ3) is 3.48. The van der Waals surface area contributed by atoms with Crippen LogP contribution >= 0.6 is 0 Å². The molecule has 19 heavy (non-hydrogen) atoms. The van der Waals surface area contributed by atoms with E-state index in [1.807, 2.05) is 6.92 Å². The average Bonchev–Trinajstić information content (AvgIpc) is 3.16. The van der Waals surface area contributed by atoms with Crippen molar-refractivity contribution in [3.05, 3.63) is 0 Å². The predicted octanol–water partition coefficient (Wildman–Crippen LogP) is 0.481. The SMILES string of the molecule is CC1CN(S(=O)(=O)C(C)CNC2CC2)CC(C)N1C. The topological polar surface area (TPSA) is 52.7 Å². The van der Waals surface area contributed by atoms with Crippen molar-refractivity contribution in [3.63, 3.8) is 0 Å². The van der Waals surface area contributed by atoms with Crippen LogP contribution < -0.4 is 5.32 Å². The summed E-state index contributed by atoms with van der Waals surface area (Å²) in [5, 5.41) is 2.98. The van der Waals surface area contributed by atoms with Crippen LogP contribution in [0.3, 0.4) is 0 Å². The molecule has 3 unspecified atom stereocenters. The van der Waals surface area contributed by atoms with Crippen molar-refractivity contribution in [3.8, 4) is 0 Å². The van der Waals surface area contributed by atoms with Crippen LogP contribution in [-0.4, -0.2) is 67.7 Å². The van der Waals surface area contributed by atoms with E-state index in [4.69, 9.17) is 0 Å². The maximum Gasteiger partial charge on any atom is 0.218 e. The molecule has 1 aliphatic carbocycles. The van der Waals surface area contributed by atoms with Gasteiger partial charge in [-0.3, -0.25) is 4.90 Å². The molecule has 1 saturated heterocycles. The van der Waals surface area contributed by atoms with Gasteiger partial charge in [0, 0.05) is 37.8 Å². The van der Waals surface area contributed by atoms with Crippen molar-refractivity contribution in [2.24, 2.45) is 0 Å². The number of hydrogen-bond acceptors (Lipinski definition) is 4. The van der Waals surface area contributed by atoms with Gasteiger partial charge in [0.1, 0.15) is 0 Å². The van der Waals surface area contributed by atoms with Gasteiger partial charge in [0.05, 0.1) is 5.25 Å². The summed E-state index contributed by atoms with van der Waals surface area (Å²) >= 11 is 0. The van der Waals surface area contributed by atoms with Gasteiger partial charge in [0.25, 0.3) is 0 Å². The lowest BCUT2D eigenvalue weighted by Crippen LogP contribution is -2.58. The molecule has 1 saturated carbocycles. The Morgan fingerprint density at radius 3 is 2.21 bits per heavy atom. The molecule has 1 aliphatic heterocycles. The Morgan fingerprint density at radius 2 is 1.74 bits per heavy atom. The van der Waals surface area contributed by atoms with Gasteiger partial charge < -0.3 is 5.32 Å². The van der Waals surface area contributed by atoms with Gasteiger partial charge in [-0.2, -0.15) is 4.31 Å². The molecular formula is C13H27N3O2S. The molecular weight excluding hydrogens is 262 g/mol. The molecule has 1 heterocycles. The number of nitrogens with one attached hydrogen (secondary N) is 1. The Bertz CT molecular complexity index is 396. The van der Waals surface area contributed by atoms with Gasteiger partial charge in [0.15, 0.2) is 0 Å². The zero-order valence-electron chi connectivity index (χ0n) is 12.5. The van der Waals surface area contributed by atoms with Crippen LogP contribution in [0.15, 0.2) is 0 Å². The molecule has 0 radical (unpaired) electrons. The van der Waals surface area contributed by atoms with E-state index in [1.165, 1.54) is 12.8 Å². The van der Waals surface area contributed by atoms with Crippen LogP contribution in [0.25, 0.3) is 0 Å². The van der Waals surface area contributed by atoms with Crippen molar-refractivity contribution in [1.29, 1.82) is 0 Å². The minimum atomic E-state index is -3.18. The molecule has 2 rings (SSSR count). The van der Waals surface area contributed by atoms with Crippen molar-refractivity contribution < 1.29 is 8.42 Å². The normalized spacial score (nSPS) is 32.4. The maximum absolute atomic E-state index is 12.6. The van der Waals surface area contributed by atoms with Crippen LogP contribution in [0.5, 0.6) is 0 Å². The number of likely N-dealkylation sites (N-methyl/N-ethyl adjacent to an activating group) is 1. The molecule has 0 spiro atoms. The van der Waals surface area contributed by atoms with E-state index in [0.717, 1.165) is 0 Å². The standard InChI is InChI=1S/C13H27N3O2S/c1-10-8-16(9-11(2)15(10)4)19(17,18)12(3)7-14-13-5-6-13/h10-14H,5-9H2,1-4H3. The lowest BCUT2D eigenvalue weighted by Gasteiger charge is -2.42. The number of rotatable bonds is 5. The molecule has 0 aromatic rings. The van der Waals surface area contributed by atoms with Gasteiger partial charge in [-0.05, 0) is 40.7 Å². The first-order chi connectivity index (χ1) is 8.82. The summed E-state index contributed by atoms with van der Waals surface area (Å²) in [5.41, 5.74) is 0. The van der Waals surface area contributed by atoms with Gasteiger partial charge in [-0.25, -0.2) is 8.42 Å². The Kier molecular flexibility index (Phi) is 4.55. The number of piperazine rings is 1. The number of nitrogens with zero attached hydrogens (tertiary/aromatic N) is 2. The predicted molar refractivity (Wildman–Crippen MR) is 77.7 cm³/mol. The van der Waals surface area contributed by atoms with E-state index < -0.39 is 10.0 Å². The van der Waals surface area contributed by atoms with Crippen LogP contribution in [0.2, 0.25) is 0 Å². The zero-order chi connectivity index (χ0) is 14.2. The summed E-state index contributed by atoms with van der Waals surface area (Å²) in [7, 11) is -1.11. The van der Waals surface area contributed by atoms with E-state index in [0.29, 0.717) is 25.7 Å². The largest absolute Gasteiger partial charge is 0.313 e. The second-order valence-electron chi connectivity index (χ2n) is 6.22. The van der Waals surface area contributed by atoms with Gasteiger partial charge >= 0.3 is 0 Å². The van der Waals surface area contributed by atoms with E-state index in [2.05, 4.69) is 31.1 Å². The third-order valence-electron chi connectivity index (χ3n) is 4.47. The molecule has 2 aliphatic rings. The number of sulfonamides is 1. The fourth-order valence-electron chi connectivity index (χ4n) is 2.54. The lowest BCUT2D eigenvalue weighted by atomic mass is 10.1. The number of hydrogen-bond donors (Lipinski definition) is 1. The summed E-state index contributed by atoms with van der Waals surface area (Å²) in [6.45, 7) is 7.78. The second kappa shape index (κ2) is 5.68. The highest BCUT2D eigenvalue weighted by atomic mass is 32.2. The van der Waals surface area contributed by atoms with E-state index in [1.54, 1.807) is 4.31 Å². The van der Waals surface area contributed by atoms with Crippen molar-refractivity contribution in [1.82, 2.24) is 14.5 Å². The summed E-state index contributed by atoms with van der Waals surface area (Å²) in [4.78, 5) is 2.25. The minimum absolute atomic E-state index is 0.280. The Morgan fingerprint density at radius 1 is 1.21 bits per heavy atom. The molecule has 6 heteroatoms. The van der Waals surface area contributed by atoms with Gasteiger partial charge in [-0.15, -0.1) is 0 Å². The molecule has 2 fully saturated rings. The molecule has 5 nitrogen and oxygen atoms in total. The van der Waals surface area contributed by atoms with E-state index >= 15 is 0 Å². The smallest absolute Gasteiger partial charge is 0.218 e. The quantitative estimate of drug-likeness (QED) is 0.800. The molecule has 0 bridgehead atoms. The Hall–Kier alpha value is -0.170. The van der Waals surface area contributed by atoms with Gasteiger partial charge in [-0.1, -0.05) is 0 Å². The molecule has 0 amide bonds. The zero-order valence-corrected chi connectivity index (χ0v) is 13.3. The first-order valence-electron chi connectivity index (χ1n) is 7.26. The first kappa shape index (κ1) is 15.2. The Balaban J connectivity index is 1.97. The second-order valence-corrected chi connectivity index (χ2v) is 8.57. The molecule has 0 aromatic carbocycles. The molecule has 112 valence electrons. The maximum atomic E-state index is 12.6. The summed E-state index contributed by atoms with van der Waals surface area (Å²) in [5.74, 6) is 0. The molecule has 0 aromatic heterocycles. The highest BCUT2D eigenvalue weighted by Gasteiger charge is 2.36. The van der Waals surface area contributed by atoms with Crippen LogP contribution in [0.1, 0.15) is 33.6 Å². The van der Waals surface area contributed by atoms with E-state index in [9.17, 15) is 8.42 Å². The van der Waals surface area contributed by atoms with Crippen LogP contribution in [0, 0.1) is 0 Å². The average molecular weight is 289 g/mol. The fourth-order valence-corrected chi connectivity index (χ4v) is 4.21. The van der Waals surface area contributed by atoms with Crippen LogP contribution in [-0.2, 0) is 10.0 Å². The Labute approximate surface area is 117 Å². The summed E-state index contributed by atoms with van der Waals surface area (Å²) in [6, 6.07) is 1.12. The first-order valence-corrected chi connectivity index (χ1v) is 8.77. The minimum Gasteiger partial charge on any atom is -0.313 e. The van der Waals surface area contributed by atoms with Crippen molar-refractivity contribution in [2.75, 3.05) is 26.7 Å².